The van der Waals surface area contributed by atoms with E-state index >= 15 is 0 Å². The molecule has 4 heterocycles. The summed E-state index contributed by atoms with van der Waals surface area (Å²) in [5, 5.41) is 35.4. The van der Waals surface area contributed by atoms with Crippen molar-refractivity contribution in [2.24, 2.45) is 0 Å². The van der Waals surface area contributed by atoms with E-state index in [1.165, 1.54) is 28.0 Å². The number of halogens is 3. The second-order valence-corrected chi connectivity index (χ2v) is 12.9. The van der Waals surface area contributed by atoms with Crippen molar-refractivity contribution in [3.05, 3.63) is 96.1 Å². The molecule has 2 fully saturated rings. The number of rotatable bonds is 11. The maximum absolute atomic E-state index is 13.5. The fraction of sp³-hybridized carbons (Fsp3) is 0.400. The van der Waals surface area contributed by atoms with Crippen LogP contribution in [0.15, 0.2) is 79.4 Å². The summed E-state index contributed by atoms with van der Waals surface area (Å²) in [7, 11) is 0. The van der Waals surface area contributed by atoms with Crippen molar-refractivity contribution in [3.63, 3.8) is 0 Å². The minimum atomic E-state index is -5.28. The van der Waals surface area contributed by atoms with Crippen LogP contribution in [-0.4, -0.2) is 89.5 Å². The number of esters is 1. The zero-order valence-corrected chi connectivity index (χ0v) is 27.4. The largest absolute Gasteiger partial charge is 0.490 e. The molecule has 4 atom stereocenters. The van der Waals surface area contributed by atoms with E-state index in [4.69, 9.17) is 14.7 Å². The number of aliphatic hydroxyl groups excluding tert-OH is 2. The Labute approximate surface area is 290 Å². The maximum Gasteiger partial charge on any atom is 0.490 e. The average molecular weight is 706 g/mol. The zero-order chi connectivity index (χ0) is 35.5. The molecule has 13 nitrogen and oxygen atoms in total. The number of nitrogens with zero attached hydrogens (tertiary/aromatic N) is 6. The summed E-state index contributed by atoms with van der Waals surface area (Å²) in [6, 6.07) is 18.2. The first-order valence-electron chi connectivity index (χ1n) is 16.8. The van der Waals surface area contributed by atoms with Gasteiger partial charge in [-0.1, -0.05) is 60.7 Å². The Kier molecular flexibility index (Phi) is 9.88. The van der Waals surface area contributed by atoms with Crippen molar-refractivity contribution in [1.29, 1.82) is 0 Å². The molecule has 1 saturated carbocycles. The van der Waals surface area contributed by atoms with Gasteiger partial charge in [-0.15, -0.1) is 0 Å². The van der Waals surface area contributed by atoms with Gasteiger partial charge in [-0.3, -0.25) is 4.68 Å². The number of piperidine rings is 1. The van der Waals surface area contributed by atoms with Gasteiger partial charge in [-0.05, 0) is 43.5 Å². The summed E-state index contributed by atoms with van der Waals surface area (Å²) in [4.78, 5) is 26.4. The van der Waals surface area contributed by atoms with Crippen LogP contribution in [0.2, 0.25) is 0 Å². The van der Waals surface area contributed by atoms with E-state index in [9.17, 15) is 28.2 Å². The first-order chi connectivity index (χ1) is 24.7. The monoisotopic (exact) mass is 705 g/mol. The van der Waals surface area contributed by atoms with E-state index in [1.807, 2.05) is 36.4 Å². The van der Waals surface area contributed by atoms with Gasteiger partial charge in [0.05, 0.1) is 31.2 Å². The van der Waals surface area contributed by atoms with Crippen LogP contribution in [0.25, 0.3) is 11.2 Å². The Morgan fingerprint density at radius 2 is 1.71 bits per heavy atom. The van der Waals surface area contributed by atoms with Gasteiger partial charge >= 0.3 is 12.1 Å². The summed E-state index contributed by atoms with van der Waals surface area (Å²) in [5.74, 6) is -1.77. The molecule has 268 valence electrons. The summed E-state index contributed by atoms with van der Waals surface area (Å²) in [6.45, 7) is 1.75. The van der Waals surface area contributed by atoms with Crippen molar-refractivity contribution < 1.29 is 32.9 Å². The number of hydrogen-bond donors (Lipinski definition) is 5. The lowest BCUT2D eigenvalue weighted by Crippen LogP contribution is -2.39. The van der Waals surface area contributed by atoms with Crippen LogP contribution in [0.3, 0.4) is 0 Å². The standard InChI is InChI=1S/C35H38F3N9O4/c36-35(37,38)33(50)51-30-27(15-26(29(30)49)47-18-21(19-48)16-42-47)46-20-41-28-31(44-34(45-32(28)46)43-24-11-13-39-14-12-24)40-17-25(22-7-3-1-4-8-22)23-9-5-2-6-10-23/h1-10,16,18,20,24-27,29-30,39,48-49H,11-15,17,19H2,(H2,40,43,44,45)/t26-,27+,29+,30-/m0/s1. The lowest BCUT2D eigenvalue weighted by molar-refractivity contribution is -0.210. The molecule has 0 radical (unpaired) electrons. The van der Waals surface area contributed by atoms with E-state index < -0.39 is 36.4 Å². The van der Waals surface area contributed by atoms with Gasteiger partial charge in [0, 0.05) is 30.3 Å². The van der Waals surface area contributed by atoms with Gasteiger partial charge in [-0.25, -0.2) is 9.78 Å². The predicted molar refractivity (Wildman–Crippen MR) is 181 cm³/mol. The Hall–Kier alpha value is -5.06. The van der Waals surface area contributed by atoms with Gasteiger partial charge in [0.1, 0.15) is 6.10 Å². The number of aromatic nitrogens is 6. The number of alkyl halides is 3. The second-order valence-electron chi connectivity index (χ2n) is 12.9. The third kappa shape index (κ3) is 7.38. The van der Waals surface area contributed by atoms with Crippen molar-refractivity contribution in [2.75, 3.05) is 30.3 Å². The van der Waals surface area contributed by atoms with E-state index in [-0.39, 0.29) is 30.6 Å². The molecule has 5 aromatic rings. The maximum atomic E-state index is 13.5. The number of ether oxygens (including phenoxy) is 1. The minimum absolute atomic E-state index is 0.0168. The number of carbonyl (C=O) groups excluding carboxylic acids is 1. The molecule has 1 aliphatic heterocycles. The molecule has 2 aromatic carbocycles. The second kappa shape index (κ2) is 14.7. The molecule has 0 unspecified atom stereocenters. The topological polar surface area (TPSA) is 164 Å². The number of benzene rings is 2. The molecule has 0 spiro atoms. The number of fused-ring (bicyclic) bond motifs is 1. The van der Waals surface area contributed by atoms with E-state index in [2.05, 4.69) is 50.3 Å². The van der Waals surface area contributed by atoms with Crippen LogP contribution in [0, 0.1) is 0 Å². The predicted octanol–water partition coefficient (Wildman–Crippen LogP) is 3.94. The highest BCUT2D eigenvalue weighted by Crippen LogP contribution is 2.42. The Bertz CT molecular complexity index is 1890. The molecular formula is C35H38F3N9O4. The van der Waals surface area contributed by atoms with Gasteiger partial charge in [0.25, 0.3) is 0 Å². The number of hydrogen-bond acceptors (Lipinski definition) is 11. The van der Waals surface area contributed by atoms with Crippen molar-refractivity contribution >= 4 is 28.9 Å². The highest BCUT2D eigenvalue weighted by Gasteiger charge is 2.51. The number of nitrogens with one attached hydrogen (secondary N) is 3. The molecule has 5 N–H and O–H groups in total. The lowest BCUT2D eigenvalue weighted by atomic mass is 9.91. The lowest BCUT2D eigenvalue weighted by Gasteiger charge is -2.25. The van der Waals surface area contributed by atoms with Crippen LogP contribution in [0.5, 0.6) is 0 Å². The summed E-state index contributed by atoms with van der Waals surface area (Å²) in [6.07, 6.45) is -2.50. The summed E-state index contributed by atoms with van der Waals surface area (Å²) in [5.41, 5.74) is 3.25. The average Bonchev–Trinajstić information content (AvgIpc) is 3.87. The number of carbonyl (C=O) groups is 1. The molecular weight excluding hydrogens is 667 g/mol. The Morgan fingerprint density at radius 3 is 2.33 bits per heavy atom. The molecule has 1 aliphatic carbocycles. The smallest absolute Gasteiger partial charge is 0.451 e. The fourth-order valence-corrected chi connectivity index (χ4v) is 6.98. The Morgan fingerprint density at radius 1 is 1.02 bits per heavy atom. The minimum Gasteiger partial charge on any atom is -0.451 e. The molecule has 51 heavy (non-hydrogen) atoms. The van der Waals surface area contributed by atoms with Gasteiger partial charge < -0.3 is 35.5 Å². The van der Waals surface area contributed by atoms with Crippen LogP contribution in [-0.2, 0) is 16.1 Å². The van der Waals surface area contributed by atoms with Gasteiger partial charge in [0.15, 0.2) is 23.1 Å². The summed E-state index contributed by atoms with van der Waals surface area (Å²) < 4.78 is 48.3. The SMILES string of the molecule is O=C(O[C@@H]1[C@H](O)[C@@H](n2cc(CO)cn2)C[C@H]1n1cnc2c(NCC(c3ccccc3)c3ccccc3)nc(NC3CCNCC3)nc21)C(F)(F)F. The van der Waals surface area contributed by atoms with Crippen molar-refractivity contribution in [3.8, 4) is 0 Å². The van der Waals surface area contributed by atoms with Crippen LogP contribution in [0.1, 0.15) is 54.0 Å². The molecule has 1 saturated heterocycles. The first-order valence-corrected chi connectivity index (χ1v) is 16.8. The van der Waals surface area contributed by atoms with E-state index in [0.29, 0.717) is 29.4 Å². The van der Waals surface area contributed by atoms with Crippen LogP contribution >= 0.6 is 0 Å². The quantitative estimate of drug-likeness (QED) is 0.127. The van der Waals surface area contributed by atoms with Crippen LogP contribution in [0.4, 0.5) is 24.9 Å². The molecule has 16 heteroatoms. The number of aliphatic hydroxyl groups is 2. The molecule has 7 rings (SSSR count). The Balaban J connectivity index is 1.28. The third-order valence-electron chi connectivity index (χ3n) is 9.57. The van der Waals surface area contributed by atoms with Crippen molar-refractivity contribution in [1.82, 2.24) is 34.6 Å². The molecule has 0 amide bonds. The van der Waals surface area contributed by atoms with Gasteiger partial charge in [0.2, 0.25) is 5.95 Å². The highest BCUT2D eigenvalue weighted by molar-refractivity contribution is 5.84. The molecule has 3 aromatic heterocycles. The normalized spacial score (nSPS) is 21.3. The van der Waals surface area contributed by atoms with Crippen molar-refractivity contribution in [2.45, 2.75) is 68.3 Å². The first kappa shape index (κ1) is 34.4. The number of anilines is 2. The summed E-state index contributed by atoms with van der Waals surface area (Å²) >= 11 is 0. The highest BCUT2D eigenvalue weighted by atomic mass is 19.4. The van der Waals surface area contributed by atoms with E-state index in [0.717, 1.165) is 37.1 Å². The van der Waals surface area contributed by atoms with E-state index in [1.54, 1.807) is 0 Å². The van der Waals surface area contributed by atoms with Crippen LogP contribution < -0.4 is 16.0 Å². The molecule has 2 aliphatic rings. The fourth-order valence-electron chi connectivity index (χ4n) is 6.98. The molecule has 0 bridgehead atoms. The van der Waals surface area contributed by atoms with Gasteiger partial charge in [-0.2, -0.15) is 28.2 Å². The third-order valence-corrected chi connectivity index (χ3v) is 9.57. The zero-order valence-electron chi connectivity index (χ0n) is 27.4. The number of imidazole rings is 1.